The highest BCUT2D eigenvalue weighted by Gasteiger charge is 2.24. The number of morpholine rings is 1. The number of hydrogen-bond acceptors (Lipinski definition) is 5. The van der Waals surface area contributed by atoms with Crippen molar-refractivity contribution in [2.45, 2.75) is 23.1 Å². The van der Waals surface area contributed by atoms with E-state index in [-0.39, 0.29) is 17.2 Å². The van der Waals surface area contributed by atoms with Crippen LogP contribution < -0.4 is 10.1 Å². The smallest absolute Gasteiger partial charge is 0.233 e. The van der Waals surface area contributed by atoms with Gasteiger partial charge < -0.3 is 14.8 Å². The zero-order chi connectivity index (χ0) is 20.6. The number of nitrogens with one attached hydrogen (secondary N) is 1. The second kappa shape index (κ2) is 10.9. The summed E-state index contributed by atoms with van der Waals surface area (Å²) in [6, 6.07) is 15.7. The SMILES string of the molecule is COc1ccc([C@H](CNC(=O)[C@@H](C)Sc2ccc(Cl)cc2)N2CCOCC2)cc1. The zero-order valence-corrected chi connectivity index (χ0v) is 18.3. The average molecular weight is 435 g/mol. The molecule has 1 saturated heterocycles. The van der Waals surface area contributed by atoms with E-state index in [2.05, 4.69) is 22.3 Å². The summed E-state index contributed by atoms with van der Waals surface area (Å²) in [5.74, 6) is 0.850. The van der Waals surface area contributed by atoms with Crippen molar-refractivity contribution < 1.29 is 14.3 Å². The van der Waals surface area contributed by atoms with Crippen molar-refractivity contribution in [3.8, 4) is 5.75 Å². The Balaban J connectivity index is 1.63. The Morgan fingerprint density at radius 2 is 1.83 bits per heavy atom. The lowest BCUT2D eigenvalue weighted by molar-refractivity contribution is -0.120. The molecule has 1 aliphatic rings. The minimum Gasteiger partial charge on any atom is -0.497 e. The van der Waals surface area contributed by atoms with Crippen molar-refractivity contribution in [3.05, 3.63) is 59.1 Å². The van der Waals surface area contributed by atoms with Gasteiger partial charge in [-0.15, -0.1) is 11.8 Å². The van der Waals surface area contributed by atoms with Gasteiger partial charge in [-0.25, -0.2) is 0 Å². The molecule has 7 heteroatoms. The summed E-state index contributed by atoms with van der Waals surface area (Å²) in [4.78, 5) is 16.1. The number of benzene rings is 2. The fraction of sp³-hybridized carbons (Fsp3) is 0.409. The lowest BCUT2D eigenvalue weighted by Gasteiger charge is -2.35. The number of amides is 1. The quantitative estimate of drug-likeness (QED) is 0.636. The molecule has 0 saturated carbocycles. The molecule has 0 spiro atoms. The van der Waals surface area contributed by atoms with Crippen LogP contribution in [0.2, 0.25) is 5.02 Å². The summed E-state index contributed by atoms with van der Waals surface area (Å²) in [6.45, 7) is 5.60. The molecule has 0 radical (unpaired) electrons. The molecule has 1 aliphatic heterocycles. The molecule has 0 aromatic heterocycles. The highest BCUT2D eigenvalue weighted by molar-refractivity contribution is 8.00. The van der Waals surface area contributed by atoms with Crippen LogP contribution in [0.15, 0.2) is 53.4 Å². The number of ether oxygens (including phenoxy) is 2. The molecule has 1 heterocycles. The van der Waals surface area contributed by atoms with Crippen LogP contribution in [0, 0.1) is 0 Å². The van der Waals surface area contributed by atoms with Gasteiger partial charge in [0.25, 0.3) is 0 Å². The maximum atomic E-state index is 12.7. The van der Waals surface area contributed by atoms with Gasteiger partial charge in [-0.05, 0) is 48.9 Å². The Kier molecular flexibility index (Phi) is 8.24. The van der Waals surface area contributed by atoms with Crippen LogP contribution in [0.1, 0.15) is 18.5 Å². The number of nitrogens with zero attached hydrogens (tertiary/aromatic N) is 1. The van der Waals surface area contributed by atoms with Crippen LogP contribution in [-0.2, 0) is 9.53 Å². The molecule has 1 fully saturated rings. The van der Waals surface area contributed by atoms with Crippen LogP contribution in [0.3, 0.4) is 0 Å². The lowest BCUT2D eigenvalue weighted by Crippen LogP contribution is -2.44. The Morgan fingerprint density at radius 3 is 2.45 bits per heavy atom. The lowest BCUT2D eigenvalue weighted by atomic mass is 10.0. The van der Waals surface area contributed by atoms with E-state index in [4.69, 9.17) is 21.1 Å². The number of thioether (sulfide) groups is 1. The first-order valence-electron chi connectivity index (χ1n) is 9.72. The summed E-state index contributed by atoms with van der Waals surface area (Å²) in [5.41, 5.74) is 1.16. The topological polar surface area (TPSA) is 50.8 Å². The predicted molar refractivity (Wildman–Crippen MR) is 118 cm³/mol. The Labute approximate surface area is 181 Å². The molecule has 0 bridgehead atoms. The van der Waals surface area contributed by atoms with E-state index in [0.717, 1.165) is 29.3 Å². The monoisotopic (exact) mass is 434 g/mol. The van der Waals surface area contributed by atoms with Crippen LogP contribution in [0.5, 0.6) is 5.75 Å². The fourth-order valence-corrected chi connectivity index (χ4v) is 4.30. The van der Waals surface area contributed by atoms with Crippen LogP contribution in [0.4, 0.5) is 0 Å². The number of methoxy groups -OCH3 is 1. The third kappa shape index (κ3) is 6.37. The molecule has 29 heavy (non-hydrogen) atoms. The van der Waals surface area contributed by atoms with E-state index in [0.29, 0.717) is 24.8 Å². The molecule has 5 nitrogen and oxygen atoms in total. The molecular formula is C22H27ClN2O3S. The molecular weight excluding hydrogens is 408 g/mol. The van der Waals surface area contributed by atoms with Crippen LogP contribution in [0.25, 0.3) is 0 Å². The minimum absolute atomic E-state index is 0.0247. The molecule has 2 atom stereocenters. The van der Waals surface area contributed by atoms with E-state index >= 15 is 0 Å². The second-order valence-electron chi connectivity index (χ2n) is 6.90. The van der Waals surface area contributed by atoms with Crippen LogP contribution in [-0.4, -0.2) is 56.0 Å². The summed E-state index contributed by atoms with van der Waals surface area (Å²) < 4.78 is 10.8. The second-order valence-corrected chi connectivity index (χ2v) is 8.75. The van der Waals surface area contributed by atoms with Crippen molar-refractivity contribution in [1.29, 1.82) is 0 Å². The number of carbonyl (C=O) groups is 1. The Morgan fingerprint density at radius 1 is 1.17 bits per heavy atom. The fourth-order valence-electron chi connectivity index (χ4n) is 3.28. The standard InChI is InChI=1S/C22H27ClN2O3S/c1-16(29-20-9-5-18(23)6-10-20)22(26)24-15-21(25-11-13-28-14-12-25)17-3-7-19(27-2)8-4-17/h3-10,16,21H,11-15H2,1-2H3,(H,24,26)/t16-,21+/m1/s1. The Bertz CT molecular complexity index is 780. The summed E-state index contributed by atoms with van der Waals surface area (Å²) >= 11 is 7.46. The van der Waals surface area contributed by atoms with Gasteiger partial charge in [-0.3, -0.25) is 9.69 Å². The molecule has 2 aromatic carbocycles. The zero-order valence-electron chi connectivity index (χ0n) is 16.8. The predicted octanol–water partition coefficient (Wildman–Crippen LogP) is 4.02. The molecule has 2 aromatic rings. The van der Waals surface area contributed by atoms with Crippen molar-refractivity contribution in [1.82, 2.24) is 10.2 Å². The van der Waals surface area contributed by atoms with Crippen molar-refractivity contribution in [2.75, 3.05) is 40.0 Å². The van der Waals surface area contributed by atoms with Gasteiger partial charge in [0.2, 0.25) is 5.91 Å². The molecule has 0 aliphatic carbocycles. The van der Waals surface area contributed by atoms with Gasteiger partial charge in [-0.2, -0.15) is 0 Å². The number of carbonyl (C=O) groups excluding carboxylic acids is 1. The summed E-state index contributed by atoms with van der Waals surface area (Å²) in [6.07, 6.45) is 0. The number of hydrogen-bond donors (Lipinski definition) is 1. The third-order valence-electron chi connectivity index (χ3n) is 4.95. The van der Waals surface area contributed by atoms with Crippen molar-refractivity contribution >= 4 is 29.3 Å². The van der Waals surface area contributed by atoms with E-state index in [1.54, 1.807) is 7.11 Å². The van der Waals surface area contributed by atoms with Crippen molar-refractivity contribution in [2.24, 2.45) is 0 Å². The third-order valence-corrected chi connectivity index (χ3v) is 6.32. The van der Waals surface area contributed by atoms with E-state index < -0.39 is 0 Å². The van der Waals surface area contributed by atoms with Gasteiger partial charge in [0.15, 0.2) is 0 Å². The van der Waals surface area contributed by atoms with Gasteiger partial charge in [-0.1, -0.05) is 23.7 Å². The maximum absolute atomic E-state index is 12.7. The average Bonchev–Trinajstić information content (AvgIpc) is 2.76. The first-order valence-corrected chi connectivity index (χ1v) is 11.0. The van der Waals surface area contributed by atoms with Crippen molar-refractivity contribution in [3.63, 3.8) is 0 Å². The number of halogens is 1. The molecule has 3 rings (SSSR count). The van der Waals surface area contributed by atoms with Crippen LogP contribution >= 0.6 is 23.4 Å². The molecule has 1 amide bonds. The minimum atomic E-state index is -0.197. The highest BCUT2D eigenvalue weighted by atomic mass is 35.5. The van der Waals surface area contributed by atoms with E-state index in [9.17, 15) is 4.79 Å². The summed E-state index contributed by atoms with van der Waals surface area (Å²) in [5, 5.41) is 3.64. The van der Waals surface area contributed by atoms with E-state index in [1.165, 1.54) is 11.8 Å². The molecule has 0 unspecified atom stereocenters. The van der Waals surface area contributed by atoms with Gasteiger partial charge in [0.05, 0.1) is 31.6 Å². The highest BCUT2D eigenvalue weighted by Crippen LogP contribution is 2.26. The first-order chi connectivity index (χ1) is 14.1. The first kappa shape index (κ1) is 22.0. The van der Waals surface area contributed by atoms with Gasteiger partial charge in [0.1, 0.15) is 5.75 Å². The van der Waals surface area contributed by atoms with Gasteiger partial charge >= 0.3 is 0 Å². The molecule has 1 N–H and O–H groups in total. The normalized spacial score (nSPS) is 16.8. The summed E-state index contributed by atoms with van der Waals surface area (Å²) in [7, 11) is 1.66. The largest absolute Gasteiger partial charge is 0.497 e. The number of rotatable bonds is 8. The molecule has 156 valence electrons. The van der Waals surface area contributed by atoms with Gasteiger partial charge in [0, 0.05) is 29.6 Å². The maximum Gasteiger partial charge on any atom is 0.233 e. The van der Waals surface area contributed by atoms with E-state index in [1.807, 2.05) is 43.3 Å². The Hall–Kier alpha value is -1.73.